The Morgan fingerprint density at radius 1 is 1.12 bits per heavy atom. The molecular weight excluding hydrogens is 206 g/mol. The average molecular weight is 221 g/mol. The fraction of sp³-hybridized carbons (Fsp3) is 0.188. The van der Waals surface area contributed by atoms with Crippen LogP contribution in [-0.2, 0) is 0 Å². The van der Waals surface area contributed by atoms with Gasteiger partial charge in [-0.25, -0.2) is 0 Å². The number of aromatic nitrogens is 1. The number of rotatable bonds is 1. The summed E-state index contributed by atoms with van der Waals surface area (Å²) < 4.78 is 0. The van der Waals surface area contributed by atoms with Gasteiger partial charge in [-0.2, -0.15) is 0 Å². The molecule has 0 saturated heterocycles. The molecule has 1 nitrogen and oxygen atoms in total. The largest absolute Gasteiger partial charge is 0.264 e. The second-order valence-corrected chi connectivity index (χ2v) is 4.65. The van der Waals surface area contributed by atoms with Gasteiger partial charge < -0.3 is 0 Å². The van der Waals surface area contributed by atoms with Gasteiger partial charge in [0.25, 0.3) is 0 Å². The summed E-state index contributed by atoms with van der Waals surface area (Å²) in [5, 5.41) is 0. The molecule has 0 unspecified atom stereocenters. The van der Waals surface area contributed by atoms with Gasteiger partial charge in [-0.1, -0.05) is 43.3 Å². The molecule has 0 spiro atoms. The molecule has 0 N–H and O–H groups in total. The summed E-state index contributed by atoms with van der Waals surface area (Å²) >= 11 is 0. The molecule has 2 aromatic rings. The van der Waals surface area contributed by atoms with E-state index in [1.165, 1.54) is 22.3 Å². The maximum absolute atomic E-state index is 4.20. The van der Waals surface area contributed by atoms with Crippen LogP contribution < -0.4 is 0 Å². The predicted octanol–water partition coefficient (Wildman–Crippen LogP) is 4.13. The summed E-state index contributed by atoms with van der Waals surface area (Å²) in [4.78, 5) is 4.20. The third kappa shape index (κ3) is 1.89. The van der Waals surface area contributed by atoms with Crippen LogP contribution >= 0.6 is 0 Å². The van der Waals surface area contributed by atoms with Crippen LogP contribution in [0.5, 0.6) is 0 Å². The van der Waals surface area contributed by atoms with Crippen molar-refractivity contribution in [2.75, 3.05) is 0 Å². The molecule has 1 aliphatic carbocycles. The fourth-order valence-electron chi connectivity index (χ4n) is 2.53. The van der Waals surface area contributed by atoms with Crippen molar-refractivity contribution in [3.8, 4) is 0 Å². The first-order valence-corrected chi connectivity index (χ1v) is 6.04. The third-order valence-corrected chi connectivity index (χ3v) is 3.42. The van der Waals surface area contributed by atoms with Gasteiger partial charge in [0, 0.05) is 12.4 Å². The van der Waals surface area contributed by atoms with E-state index in [0.717, 1.165) is 6.42 Å². The normalized spacial score (nSPS) is 18.4. The van der Waals surface area contributed by atoms with Crippen molar-refractivity contribution in [1.29, 1.82) is 0 Å². The van der Waals surface area contributed by atoms with Crippen LogP contribution in [0.15, 0.2) is 48.8 Å². The van der Waals surface area contributed by atoms with Crippen molar-refractivity contribution in [3.63, 3.8) is 0 Å². The number of nitrogens with zero attached hydrogens (tertiary/aromatic N) is 1. The quantitative estimate of drug-likeness (QED) is 0.705. The van der Waals surface area contributed by atoms with Gasteiger partial charge in [0.05, 0.1) is 0 Å². The molecule has 1 atom stereocenters. The molecule has 84 valence electrons. The number of allylic oxidation sites excluding steroid dienone is 1. The van der Waals surface area contributed by atoms with E-state index in [4.69, 9.17) is 0 Å². The number of hydrogen-bond acceptors (Lipinski definition) is 1. The fourth-order valence-corrected chi connectivity index (χ4v) is 2.53. The van der Waals surface area contributed by atoms with Gasteiger partial charge in [0.15, 0.2) is 0 Å². The number of hydrogen-bond donors (Lipinski definition) is 0. The highest BCUT2D eigenvalue weighted by atomic mass is 14.6. The lowest BCUT2D eigenvalue weighted by atomic mass is 9.82. The van der Waals surface area contributed by atoms with Crippen molar-refractivity contribution in [3.05, 3.63) is 65.5 Å². The Hall–Kier alpha value is -1.89. The van der Waals surface area contributed by atoms with Crippen molar-refractivity contribution in [1.82, 2.24) is 4.98 Å². The summed E-state index contributed by atoms with van der Waals surface area (Å²) in [6, 6.07) is 12.8. The maximum atomic E-state index is 4.20. The van der Waals surface area contributed by atoms with Crippen LogP contribution in [0.1, 0.15) is 36.0 Å². The van der Waals surface area contributed by atoms with Crippen LogP contribution in [0.25, 0.3) is 11.6 Å². The van der Waals surface area contributed by atoms with E-state index in [1.807, 2.05) is 18.5 Å². The lowest BCUT2D eigenvalue weighted by Crippen LogP contribution is -2.03. The molecule has 0 aliphatic heterocycles. The lowest BCUT2D eigenvalue weighted by molar-refractivity contribution is 0.783. The Bertz CT molecular complexity index is 555. The van der Waals surface area contributed by atoms with E-state index in [2.05, 4.69) is 48.3 Å². The Labute approximate surface area is 102 Å². The van der Waals surface area contributed by atoms with Gasteiger partial charge in [0.1, 0.15) is 0 Å². The molecule has 3 rings (SSSR count). The Kier molecular flexibility index (Phi) is 2.52. The Morgan fingerprint density at radius 2 is 2.00 bits per heavy atom. The molecule has 0 amide bonds. The molecule has 0 fully saturated rings. The summed E-state index contributed by atoms with van der Waals surface area (Å²) in [5.41, 5.74) is 5.45. The van der Waals surface area contributed by atoms with Gasteiger partial charge >= 0.3 is 0 Å². The Balaban J connectivity index is 2.08. The van der Waals surface area contributed by atoms with Crippen molar-refractivity contribution >= 4 is 11.6 Å². The zero-order valence-electron chi connectivity index (χ0n) is 9.93. The monoisotopic (exact) mass is 221 g/mol. The highest BCUT2D eigenvalue weighted by Crippen LogP contribution is 2.37. The van der Waals surface area contributed by atoms with Crippen molar-refractivity contribution in [2.45, 2.75) is 19.3 Å². The van der Waals surface area contributed by atoms with E-state index in [-0.39, 0.29) is 0 Å². The third-order valence-electron chi connectivity index (χ3n) is 3.42. The lowest BCUT2D eigenvalue weighted by Gasteiger charge is -2.22. The van der Waals surface area contributed by atoms with Crippen LogP contribution in [0.2, 0.25) is 0 Å². The SMILES string of the molecule is C[C@H]1CC(c2cccnc2)=Cc2ccccc21. The van der Waals surface area contributed by atoms with Gasteiger partial charge in [-0.05, 0) is 40.7 Å². The van der Waals surface area contributed by atoms with E-state index in [9.17, 15) is 0 Å². The average Bonchev–Trinajstić information content (AvgIpc) is 2.40. The van der Waals surface area contributed by atoms with Gasteiger partial charge in [-0.3, -0.25) is 4.98 Å². The predicted molar refractivity (Wildman–Crippen MR) is 71.6 cm³/mol. The van der Waals surface area contributed by atoms with E-state index < -0.39 is 0 Å². The molecule has 1 heterocycles. The number of benzene rings is 1. The second-order valence-electron chi connectivity index (χ2n) is 4.65. The van der Waals surface area contributed by atoms with Gasteiger partial charge in [-0.15, -0.1) is 0 Å². The summed E-state index contributed by atoms with van der Waals surface area (Å²) in [5.74, 6) is 0.589. The first kappa shape index (κ1) is 10.3. The first-order valence-electron chi connectivity index (χ1n) is 6.04. The summed E-state index contributed by atoms with van der Waals surface area (Å²) in [6.45, 7) is 2.29. The minimum absolute atomic E-state index is 0.589. The molecule has 0 saturated carbocycles. The van der Waals surface area contributed by atoms with E-state index in [1.54, 1.807) is 0 Å². The topological polar surface area (TPSA) is 12.9 Å². The maximum Gasteiger partial charge on any atom is 0.0343 e. The highest BCUT2D eigenvalue weighted by Gasteiger charge is 2.17. The van der Waals surface area contributed by atoms with Crippen LogP contribution in [0, 0.1) is 0 Å². The van der Waals surface area contributed by atoms with Crippen molar-refractivity contribution in [2.24, 2.45) is 0 Å². The van der Waals surface area contributed by atoms with Gasteiger partial charge in [0.2, 0.25) is 0 Å². The Morgan fingerprint density at radius 3 is 2.82 bits per heavy atom. The second kappa shape index (κ2) is 4.17. The highest BCUT2D eigenvalue weighted by molar-refractivity contribution is 5.84. The minimum Gasteiger partial charge on any atom is -0.264 e. The molecule has 1 aromatic heterocycles. The molecule has 0 bridgehead atoms. The molecular formula is C16H15N. The molecule has 17 heavy (non-hydrogen) atoms. The molecule has 1 aliphatic rings. The van der Waals surface area contributed by atoms with Crippen LogP contribution in [-0.4, -0.2) is 4.98 Å². The van der Waals surface area contributed by atoms with Crippen molar-refractivity contribution < 1.29 is 0 Å². The van der Waals surface area contributed by atoms with E-state index >= 15 is 0 Å². The minimum atomic E-state index is 0.589. The zero-order valence-corrected chi connectivity index (χ0v) is 9.93. The van der Waals surface area contributed by atoms with E-state index in [0.29, 0.717) is 5.92 Å². The smallest absolute Gasteiger partial charge is 0.0343 e. The molecule has 1 heteroatoms. The summed E-state index contributed by atoms with van der Waals surface area (Å²) in [6.07, 6.45) is 7.17. The summed E-state index contributed by atoms with van der Waals surface area (Å²) in [7, 11) is 0. The van der Waals surface area contributed by atoms with Crippen LogP contribution in [0.3, 0.4) is 0 Å². The number of fused-ring (bicyclic) bond motifs is 1. The van der Waals surface area contributed by atoms with Crippen LogP contribution in [0.4, 0.5) is 0 Å². The molecule has 0 radical (unpaired) electrons. The number of pyridine rings is 1. The standard InChI is InChI=1S/C16H15N/c1-12-9-15(14-6-4-8-17-11-14)10-13-5-2-3-7-16(12)13/h2-8,10-12H,9H2,1H3/t12-/m0/s1. The zero-order chi connectivity index (χ0) is 11.7. The molecule has 1 aromatic carbocycles. The first-order chi connectivity index (χ1) is 8.34.